The van der Waals surface area contributed by atoms with Gasteiger partial charge in [-0.25, -0.2) is 9.37 Å². The van der Waals surface area contributed by atoms with Gasteiger partial charge in [0.15, 0.2) is 11.6 Å². The van der Waals surface area contributed by atoms with Crippen molar-refractivity contribution in [3.63, 3.8) is 0 Å². The van der Waals surface area contributed by atoms with Gasteiger partial charge in [0.05, 0.1) is 5.92 Å². The van der Waals surface area contributed by atoms with Gasteiger partial charge in [-0.3, -0.25) is 14.9 Å². The monoisotopic (exact) mass is 292 g/mol. The summed E-state index contributed by atoms with van der Waals surface area (Å²) >= 11 is 0. The average molecular weight is 292 g/mol. The molecule has 6 nitrogen and oxygen atoms in total. The van der Waals surface area contributed by atoms with Crippen LogP contribution < -0.4 is 15.5 Å². The molecule has 0 aromatic carbocycles. The van der Waals surface area contributed by atoms with Gasteiger partial charge in [0, 0.05) is 38.8 Å². The Morgan fingerprint density at radius 3 is 2.71 bits per heavy atom. The molecule has 2 fully saturated rings. The predicted molar refractivity (Wildman–Crippen MR) is 74.4 cm³/mol. The van der Waals surface area contributed by atoms with E-state index >= 15 is 0 Å². The van der Waals surface area contributed by atoms with Crippen molar-refractivity contribution in [3.05, 3.63) is 23.6 Å². The molecular formula is C14H17FN4O2. The first-order valence-electron chi connectivity index (χ1n) is 7.10. The molecule has 0 bridgehead atoms. The summed E-state index contributed by atoms with van der Waals surface area (Å²) < 4.78 is 14.3. The van der Waals surface area contributed by atoms with Gasteiger partial charge in [0.2, 0.25) is 11.8 Å². The number of hydrogen-bond donors (Lipinski definition) is 2. The van der Waals surface area contributed by atoms with Gasteiger partial charge >= 0.3 is 0 Å². The van der Waals surface area contributed by atoms with Crippen LogP contribution in [0.2, 0.25) is 0 Å². The van der Waals surface area contributed by atoms with Crippen LogP contribution >= 0.6 is 0 Å². The zero-order chi connectivity index (χ0) is 14.8. The van der Waals surface area contributed by atoms with Crippen LogP contribution in [-0.2, 0) is 9.59 Å². The van der Waals surface area contributed by atoms with Crippen molar-refractivity contribution in [3.8, 4) is 0 Å². The van der Waals surface area contributed by atoms with Gasteiger partial charge in [-0.15, -0.1) is 0 Å². The van der Waals surface area contributed by atoms with Crippen LogP contribution in [-0.4, -0.2) is 43.0 Å². The van der Waals surface area contributed by atoms with E-state index in [0.717, 1.165) is 13.1 Å². The third-order valence-corrected chi connectivity index (χ3v) is 3.90. The lowest BCUT2D eigenvalue weighted by Crippen LogP contribution is -2.44. The van der Waals surface area contributed by atoms with E-state index in [2.05, 4.69) is 15.6 Å². The molecule has 7 heteroatoms. The fraction of sp³-hybridized carbons (Fsp3) is 0.500. The number of carbonyl (C=O) groups is 2. The molecule has 2 amide bonds. The molecule has 2 aliphatic heterocycles. The number of pyridine rings is 1. The minimum atomic E-state index is -0.498. The first-order valence-corrected chi connectivity index (χ1v) is 7.10. The summed E-state index contributed by atoms with van der Waals surface area (Å²) in [7, 11) is 0. The molecule has 1 aromatic heterocycles. The van der Waals surface area contributed by atoms with Crippen LogP contribution in [0.15, 0.2) is 12.3 Å². The van der Waals surface area contributed by atoms with E-state index in [1.807, 2.05) is 4.90 Å². The molecule has 0 radical (unpaired) electrons. The van der Waals surface area contributed by atoms with E-state index in [-0.39, 0.29) is 18.2 Å². The molecule has 2 saturated heterocycles. The van der Waals surface area contributed by atoms with E-state index < -0.39 is 11.7 Å². The van der Waals surface area contributed by atoms with Gasteiger partial charge in [0.1, 0.15) is 0 Å². The van der Waals surface area contributed by atoms with Crippen molar-refractivity contribution in [1.82, 2.24) is 15.6 Å². The quantitative estimate of drug-likeness (QED) is 0.759. The summed E-state index contributed by atoms with van der Waals surface area (Å²) in [5, 5.41) is 5.48. The van der Waals surface area contributed by atoms with Crippen molar-refractivity contribution in [2.24, 2.45) is 0 Å². The number of aromatic nitrogens is 1. The van der Waals surface area contributed by atoms with Crippen molar-refractivity contribution < 1.29 is 14.0 Å². The van der Waals surface area contributed by atoms with Crippen LogP contribution in [0.3, 0.4) is 0 Å². The minimum Gasteiger partial charge on any atom is -0.352 e. The second-order valence-corrected chi connectivity index (χ2v) is 5.31. The Kier molecular flexibility index (Phi) is 3.83. The SMILES string of the molecule is O=C1CCC(c2cnc(N3CCNCC3)c(F)c2)C(=O)N1. The van der Waals surface area contributed by atoms with Crippen LogP contribution in [0, 0.1) is 5.82 Å². The number of rotatable bonds is 2. The Bertz CT molecular complexity index is 572. The summed E-state index contributed by atoms with van der Waals surface area (Å²) in [4.78, 5) is 29.0. The number of nitrogens with zero attached hydrogens (tertiary/aromatic N) is 2. The van der Waals surface area contributed by atoms with Crippen LogP contribution in [0.5, 0.6) is 0 Å². The Morgan fingerprint density at radius 1 is 1.29 bits per heavy atom. The van der Waals surface area contributed by atoms with Crippen molar-refractivity contribution in [2.75, 3.05) is 31.1 Å². The number of halogens is 1. The lowest BCUT2D eigenvalue weighted by atomic mass is 9.91. The van der Waals surface area contributed by atoms with E-state index in [0.29, 0.717) is 30.9 Å². The van der Waals surface area contributed by atoms with Gasteiger partial charge in [0.25, 0.3) is 0 Å². The van der Waals surface area contributed by atoms with E-state index in [4.69, 9.17) is 0 Å². The number of nitrogens with one attached hydrogen (secondary N) is 2. The van der Waals surface area contributed by atoms with Crippen LogP contribution in [0.4, 0.5) is 10.2 Å². The highest BCUT2D eigenvalue weighted by atomic mass is 19.1. The zero-order valence-electron chi connectivity index (χ0n) is 11.6. The summed E-state index contributed by atoms with van der Waals surface area (Å²) in [6, 6.07) is 1.37. The topological polar surface area (TPSA) is 74.3 Å². The molecule has 2 aliphatic rings. The Morgan fingerprint density at radius 2 is 2.05 bits per heavy atom. The third-order valence-electron chi connectivity index (χ3n) is 3.90. The minimum absolute atomic E-state index is 0.275. The lowest BCUT2D eigenvalue weighted by molar-refractivity contribution is -0.134. The van der Waals surface area contributed by atoms with Crippen molar-refractivity contribution in [2.45, 2.75) is 18.8 Å². The highest BCUT2D eigenvalue weighted by molar-refractivity contribution is 6.00. The first kappa shape index (κ1) is 13.9. The summed E-state index contributed by atoms with van der Waals surface area (Å²) in [5.41, 5.74) is 0.524. The molecule has 1 aromatic rings. The number of piperidine rings is 1. The van der Waals surface area contributed by atoms with Crippen molar-refractivity contribution in [1.29, 1.82) is 0 Å². The van der Waals surface area contributed by atoms with Crippen molar-refractivity contribution >= 4 is 17.6 Å². The largest absolute Gasteiger partial charge is 0.352 e. The maximum atomic E-state index is 14.3. The van der Waals surface area contributed by atoms with Crippen LogP contribution in [0.25, 0.3) is 0 Å². The Hall–Kier alpha value is -2.02. The van der Waals surface area contributed by atoms with E-state index in [1.54, 1.807) is 6.20 Å². The van der Waals surface area contributed by atoms with Gasteiger partial charge in [-0.2, -0.15) is 0 Å². The molecule has 3 rings (SSSR count). The standard InChI is InChI=1S/C14H17FN4O2/c15-11-7-9(10-1-2-12(20)18-14(10)21)8-17-13(11)19-5-3-16-4-6-19/h7-8,10,16H,1-6H2,(H,18,20,21). The second kappa shape index (κ2) is 5.77. The fourth-order valence-electron chi connectivity index (χ4n) is 2.76. The van der Waals surface area contributed by atoms with Gasteiger partial charge in [-0.05, 0) is 18.1 Å². The molecule has 21 heavy (non-hydrogen) atoms. The molecule has 0 spiro atoms. The first-order chi connectivity index (χ1) is 10.1. The molecule has 1 unspecified atom stereocenters. The van der Waals surface area contributed by atoms with E-state index in [1.165, 1.54) is 6.07 Å². The lowest BCUT2D eigenvalue weighted by Gasteiger charge is -2.29. The highest BCUT2D eigenvalue weighted by Gasteiger charge is 2.29. The normalized spacial score (nSPS) is 23.1. The molecule has 1 atom stereocenters. The number of piperazine rings is 1. The number of carbonyl (C=O) groups excluding carboxylic acids is 2. The predicted octanol–water partition coefficient (Wildman–Crippen LogP) is 0.150. The average Bonchev–Trinajstić information content (AvgIpc) is 2.48. The molecular weight excluding hydrogens is 275 g/mol. The number of amides is 2. The number of imide groups is 1. The van der Waals surface area contributed by atoms with Gasteiger partial charge < -0.3 is 10.2 Å². The maximum Gasteiger partial charge on any atom is 0.234 e. The number of hydrogen-bond acceptors (Lipinski definition) is 5. The molecule has 3 heterocycles. The summed E-state index contributed by atoms with van der Waals surface area (Å²) in [6.45, 7) is 3.02. The summed E-state index contributed by atoms with van der Waals surface area (Å²) in [5.74, 6) is -1.24. The molecule has 0 aliphatic carbocycles. The van der Waals surface area contributed by atoms with E-state index in [9.17, 15) is 14.0 Å². The Labute approximate surface area is 121 Å². The Balaban J connectivity index is 1.80. The fourth-order valence-corrected chi connectivity index (χ4v) is 2.76. The zero-order valence-corrected chi connectivity index (χ0v) is 11.6. The van der Waals surface area contributed by atoms with Crippen LogP contribution in [0.1, 0.15) is 24.3 Å². The summed E-state index contributed by atoms with van der Waals surface area (Å²) in [6.07, 6.45) is 2.22. The molecule has 2 N–H and O–H groups in total. The molecule has 0 saturated carbocycles. The second-order valence-electron chi connectivity index (χ2n) is 5.31. The smallest absolute Gasteiger partial charge is 0.234 e. The van der Waals surface area contributed by atoms with Gasteiger partial charge in [-0.1, -0.05) is 0 Å². The molecule has 112 valence electrons. The highest BCUT2D eigenvalue weighted by Crippen LogP contribution is 2.27. The number of anilines is 1. The third kappa shape index (κ3) is 2.87. The maximum absolute atomic E-state index is 14.3.